The van der Waals surface area contributed by atoms with Crippen LogP contribution in [0.4, 0.5) is 0 Å². The minimum absolute atomic E-state index is 0.419. The van der Waals surface area contributed by atoms with Gasteiger partial charge in [0.1, 0.15) is 23.1 Å². The lowest BCUT2D eigenvalue weighted by Gasteiger charge is -1.98. The van der Waals surface area contributed by atoms with Crippen LogP contribution < -0.4 is 0 Å². The van der Waals surface area contributed by atoms with Crippen LogP contribution in [-0.4, -0.2) is 15.0 Å². The van der Waals surface area contributed by atoms with E-state index in [1.54, 1.807) is 18.5 Å². The summed E-state index contributed by atoms with van der Waals surface area (Å²) in [5.41, 5.74) is 0.419. The second kappa shape index (κ2) is 4.53. The highest BCUT2D eigenvalue weighted by atomic mass is 32.2. The average molecular weight is 214 g/mol. The summed E-state index contributed by atoms with van der Waals surface area (Å²) in [5.74, 6) is 0. The first-order valence-electron chi connectivity index (χ1n) is 4.18. The molecule has 0 aliphatic rings. The van der Waals surface area contributed by atoms with Crippen molar-refractivity contribution in [2.45, 2.75) is 9.92 Å². The van der Waals surface area contributed by atoms with Crippen molar-refractivity contribution >= 4 is 11.8 Å². The number of nitrogens with zero attached hydrogens (tertiary/aromatic N) is 4. The molecule has 0 atom stereocenters. The molecule has 0 aliphatic carbocycles. The molecule has 0 bridgehead atoms. The summed E-state index contributed by atoms with van der Waals surface area (Å²) in [7, 11) is 0. The van der Waals surface area contributed by atoms with Gasteiger partial charge in [0.2, 0.25) is 0 Å². The lowest BCUT2D eigenvalue weighted by atomic mass is 10.4. The Morgan fingerprint density at radius 1 is 1.20 bits per heavy atom. The predicted octanol–water partition coefficient (Wildman–Crippen LogP) is 1.89. The topological polar surface area (TPSA) is 62.5 Å². The molecule has 15 heavy (non-hydrogen) atoms. The minimum Gasteiger partial charge on any atom is -0.245 e. The highest BCUT2D eigenvalue weighted by Crippen LogP contribution is 2.24. The highest BCUT2D eigenvalue weighted by molar-refractivity contribution is 7.99. The van der Waals surface area contributed by atoms with Gasteiger partial charge in [-0.05, 0) is 18.2 Å². The zero-order valence-electron chi connectivity index (χ0n) is 7.66. The molecule has 0 amide bonds. The van der Waals surface area contributed by atoms with E-state index in [4.69, 9.17) is 5.26 Å². The number of pyridine rings is 1. The highest BCUT2D eigenvalue weighted by Gasteiger charge is 1.98. The van der Waals surface area contributed by atoms with Gasteiger partial charge < -0.3 is 0 Å². The van der Waals surface area contributed by atoms with Crippen LogP contribution in [-0.2, 0) is 0 Å². The van der Waals surface area contributed by atoms with Crippen LogP contribution in [0.2, 0.25) is 0 Å². The van der Waals surface area contributed by atoms with Gasteiger partial charge in [0.25, 0.3) is 0 Å². The fourth-order valence-corrected chi connectivity index (χ4v) is 1.68. The third kappa shape index (κ3) is 2.51. The summed E-state index contributed by atoms with van der Waals surface area (Å²) in [5, 5.41) is 9.44. The van der Waals surface area contributed by atoms with Crippen molar-refractivity contribution in [2.75, 3.05) is 0 Å². The van der Waals surface area contributed by atoms with Gasteiger partial charge in [-0.1, -0.05) is 11.8 Å². The molecule has 2 rings (SSSR count). The molecule has 5 heteroatoms. The predicted molar refractivity (Wildman–Crippen MR) is 55.1 cm³/mol. The molecule has 0 radical (unpaired) electrons. The van der Waals surface area contributed by atoms with E-state index >= 15 is 0 Å². The molecule has 0 N–H and O–H groups in total. The number of nitriles is 1. The van der Waals surface area contributed by atoms with E-state index in [0.29, 0.717) is 5.69 Å². The number of aromatic nitrogens is 3. The van der Waals surface area contributed by atoms with E-state index in [-0.39, 0.29) is 0 Å². The molecule has 0 fully saturated rings. The quantitative estimate of drug-likeness (QED) is 0.714. The van der Waals surface area contributed by atoms with E-state index in [0.717, 1.165) is 9.92 Å². The maximum absolute atomic E-state index is 8.58. The molecule has 0 saturated heterocycles. The van der Waals surface area contributed by atoms with Gasteiger partial charge in [-0.25, -0.2) is 15.0 Å². The Kier molecular flexibility index (Phi) is 2.90. The van der Waals surface area contributed by atoms with Gasteiger partial charge in [-0.2, -0.15) is 5.26 Å². The third-order valence-electron chi connectivity index (χ3n) is 1.63. The summed E-state index contributed by atoms with van der Waals surface area (Å²) in [6, 6.07) is 7.32. The lowest BCUT2D eigenvalue weighted by molar-refractivity contribution is 1.04. The van der Waals surface area contributed by atoms with E-state index in [1.165, 1.54) is 18.1 Å². The fraction of sp³-hybridized carbons (Fsp3) is 0. The third-order valence-corrected chi connectivity index (χ3v) is 2.56. The van der Waals surface area contributed by atoms with Gasteiger partial charge >= 0.3 is 0 Å². The average Bonchev–Trinajstić information content (AvgIpc) is 2.31. The van der Waals surface area contributed by atoms with Crippen molar-refractivity contribution in [1.29, 1.82) is 5.26 Å². The molecule has 72 valence electrons. The first-order valence-corrected chi connectivity index (χ1v) is 5.00. The smallest absolute Gasteiger partial charge is 0.140 e. The van der Waals surface area contributed by atoms with E-state index < -0.39 is 0 Å². The summed E-state index contributed by atoms with van der Waals surface area (Å²) < 4.78 is 0. The van der Waals surface area contributed by atoms with Crippen LogP contribution in [0.3, 0.4) is 0 Å². The Labute approximate surface area is 91.0 Å². The molecular formula is C10H6N4S. The molecule has 4 nitrogen and oxygen atoms in total. The zero-order valence-corrected chi connectivity index (χ0v) is 8.48. The Bertz CT molecular complexity index is 475. The van der Waals surface area contributed by atoms with Crippen molar-refractivity contribution in [3.05, 3.63) is 42.6 Å². The van der Waals surface area contributed by atoms with Crippen LogP contribution in [0, 0.1) is 11.3 Å². The SMILES string of the molecule is N#Cc1ccc(Sc2ccncn2)cn1. The Morgan fingerprint density at radius 3 is 2.73 bits per heavy atom. The van der Waals surface area contributed by atoms with Gasteiger partial charge in [0, 0.05) is 17.3 Å². The van der Waals surface area contributed by atoms with Gasteiger partial charge in [0.05, 0.1) is 0 Å². The minimum atomic E-state index is 0.419. The summed E-state index contributed by atoms with van der Waals surface area (Å²) in [4.78, 5) is 12.8. The first kappa shape index (κ1) is 9.62. The van der Waals surface area contributed by atoms with Gasteiger partial charge in [0.15, 0.2) is 0 Å². The standard InChI is InChI=1S/C10H6N4S/c11-5-8-1-2-9(6-13-8)15-10-3-4-12-7-14-10/h1-4,6-7H. The van der Waals surface area contributed by atoms with Gasteiger partial charge in [-0.3, -0.25) is 0 Å². The van der Waals surface area contributed by atoms with Crippen LogP contribution in [0.1, 0.15) is 5.69 Å². The summed E-state index contributed by atoms with van der Waals surface area (Å²) in [6.45, 7) is 0. The van der Waals surface area contributed by atoms with Crippen molar-refractivity contribution < 1.29 is 0 Å². The molecule has 0 unspecified atom stereocenters. The normalized spacial score (nSPS) is 9.53. The zero-order chi connectivity index (χ0) is 10.5. The van der Waals surface area contributed by atoms with Crippen molar-refractivity contribution in [3.63, 3.8) is 0 Å². The molecule has 0 aromatic carbocycles. The van der Waals surface area contributed by atoms with E-state index in [1.807, 2.05) is 18.2 Å². The molecule has 0 spiro atoms. The van der Waals surface area contributed by atoms with Crippen molar-refractivity contribution in [1.82, 2.24) is 15.0 Å². The van der Waals surface area contributed by atoms with Crippen LogP contribution >= 0.6 is 11.8 Å². The second-order valence-electron chi connectivity index (χ2n) is 2.64. The van der Waals surface area contributed by atoms with Gasteiger partial charge in [-0.15, -0.1) is 0 Å². The van der Waals surface area contributed by atoms with Crippen molar-refractivity contribution in [2.24, 2.45) is 0 Å². The van der Waals surface area contributed by atoms with Crippen LogP contribution in [0.5, 0.6) is 0 Å². The number of hydrogen-bond donors (Lipinski definition) is 0. The monoisotopic (exact) mass is 214 g/mol. The van der Waals surface area contributed by atoms with E-state index in [2.05, 4.69) is 15.0 Å². The molecule has 0 saturated carbocycles. The number of hydrogen-bond acceptors (Lipinski definition) is 5. The second-order valence-corrected chi connectivity index (χ2v) is 3.73. The molecule has 2 aromatic rings. The Hall–Kier alpha value is -1.93. The largest absolute Gasteiger partial charge is 0.245 e. The summed E-state index contributed by atoms with van der Waals surface area (Å²) in [6.07, 6.45) is 4.84. The lowest BCUT2D eigenvalue weighted by Crippen LogP contribution is -1.83. The van der Waals surface area contributed by atoms with E-state index in [9.17, 15) is 0 Å². The fourth-order valence-electron chi connectivity index (χ4n) is 0.966. The van der Waals surface area contributed by atoms with Crippen molar-refractivity contribution in [3.8, 4) is 6.07 Å². The maximum atomic E-state index is 8.58. The maximum Gasteiger partial charge on any atom is 0.140 e. The first-order chi connectivity index (χ1) is 7.38. The molecular weight excluding hydrogens is 208 g/mol. The summed E-state index contributed by atoms with van der Waals surface area (Å²) >= 11 is 1.48. The molecule has 2 heterocycles. The van der Waals surface area contributed by atoms with Crippen LogP contribution in [0.25, 0.3) is 0 Å². The Balaban J connectivity index is 2.16. The van der Waals surface area contributed by atoms with Crippen LogP contribution in [0.15, 0.2) is 46.8 Å². The Morgan fingerprint density at radius 2 is 2.13 bits per heavy atom. The number of rotatable bonds is 2. The molecule has 0 aliphatic heterocycles. The molecule has 2 aromatic heterocycles.